The highest BCUT2D eigenvalue weighted by atomic mass is 16.5. The Hall–Kier alpha value is -0.610. The molecule has 0 aromatic heterocycles. The molecule has 1 aliphatic heterocycles. The average molecular weight is 254 g/mol. The van der Waals surface area contributed by atoms with E-state index in [0.29, 0.717) is 0 Å². The van der Waals surface area contributed by atoms with Crippen molar-refractivity contribution in [3.63, 3.8) is 0 Å². The van der Waals surface area contributed by atoms with Crippen molar-refractivity contribution in [2.45, 2.75) is 52.2 Å². The van der Waals surface area contributed by atoms with E-state index in [-0.39, 0.29) is 28.9 Å². The van der Waals surface area contributed by atoms with E-state index in [4.69, 9.17) is 4.74 Å². The fourth-order valence-electron chi connectivity index (χ4n) is 3.11. The maximum atomic E-state index is 12.4. The van der Waals surface area contributed by atoms with Crippen LogP contribution in [0.3, 0.4) is 0 Å². The first-order valence-electron chi connectivity index (χ1n) is 6.94. The van der Waals surface area contributed by atoms with Crippen LogP contribution in [0.5, 0.6) is 0 Å². The average Bonchev–Trinajstić information content (AvgIpc) is 2.34. The first kappa shape index (κ1) is 13.8. The van der Waals surface area contributed by atoms with Gasteiger partial charge in [-0.1, -0.05) is 13.8 Å². The molecule has 0 radical (unpaired) electrons. The van der Waals surface area contributed by atoms with Gasteiger partial charge in [0.1, 0.15) is 0 Å². The Kier molecular flexibility index (Phi) is 3.70. The molecule has 18 heavy (non-hydrogen) atoms. The number of piperidine rings is 1. The van der Waals surface area contributed by atoms with Crippen LogP contribution in [0.4, 0.5) is 0 Å². The first-order chi connectivity index (χ1) is 8.40. The van der Waals surface area contributed by atoms with Gasteiger partial charge in [-0.3, -0.25) is 4.79 Å². The summed E-state index contributed by atoms with van der Waals surface area (Å²) in [6.45, 7) is 8.21. The van der Waals surface area contributed by atoms with E-state index in [1.54, 1.807) is 7.11 Å². The second kappa shape index (κ2) is 4.82. The van der Waals surface area contributed by atoms with Crippen molar-refractivity contribution >= 4 is 5.91 Å². The van der Waals surface area contributed by atoms with E-state index < -0.39 is 0 Å². The molecule has 0 bridgehead atoms. The summed E-state index contributed by atoms with van der Waals surface area (Å²) in [4.78, 5) is 12.4. The first-order valence-corrected chi connectivity index (χ1v) is 6.94. The number of hydrogen-bond acceptors (Lipinski definition) is 3. The quantitative estimate of drug-likeness (QED) is 0.798. The number of hydrogen-bond donors (Lipinski definition) is 2. The summed E-state index contributed by atoms with van der Waals surface area (Å²) in [7, 11) is 1.75. The smallest absolute Gasteiger partial charge is 0.227 e. The van der Waals surface area contributed by atoms with Crippen molar-refractivity contribution in [1.82, 2.24) is 10.6 Å². The molecular weight excluding hydrogens is 228 g/mol. The minimum atomic E-state index is -0.244. The predicted octanol–water partition coefficient (Wildman–Crippen LogP) is 1.31. The highest BCUT2D eigenvalue weighted by Crippen LogP contribution is 2.43. The Morgan fingerprint density at radius 1 is 1.39 bits per heavy atom. The Labute approximate surface area is 110 Å². The largest absolute Gasteiger partial charge is 0.381 e. The molecule has 0 aromatic rings. The Morgan fingerprint density at radius 2 is 2.11 bits per heavy atom. The zero-order valence-electron chi connectivity index (χ0n) is 12.0. The lowest BCUT2D eigenvalue weighted by Gasteiger charge is -2.52. The van der Waals surface area contributed by atoms with Crippen LogP contribution in [0, 0.1) is 10.8 Å². The molecule has 1 saturated carbocycles. The summed E-state index contributed by atoms with van der Waals surface area (Å²) in [5, 5.41) is 6.54. The zero-order chi connectivity index (χ0) is 13.4. The molecule has 2 rings (SSSR count). The van der Waals surface area contributed by atoms with Crippen LogP contribution >= 0.6 is 0 Å². The molecule has 2 fully saturated rings. The molecule has 0 spiro atoms. The highest BCUT2D eigenvalue weighted by molar-refractivity contribution is 5.83. The molecule has 2 N–H and O–H groups in total. The minimum Gasteiger partial charge on any atom is -0.381 e. The number of methoxy groups -OCH3 is 1. The van der Waals surface area contributed by atoms with Crippen molar-refractivity contribution < 1.29 is 9.53 Å². The summed E-state index contributed by atoms with van der Waals surface area (Å²) in [5.74, 6) is 0.197. The van der Waals surface area contributed by atoms with Crippen LogP contribution in [-0.4, -0.2) is 38.3 Å². The SMILES string of the molecule is COC1CC(NC(=O)C2(C)CCCNC2)C1(C)C. The van der Waals surface area contributed by atoms with Crippen molar-refractivity contribution in [3.05, 3.63) is 0 Å². The molecule has 3 atom stereocenters. The van der Waals surface area contributed by atoms with Gasteiger partial charge in [0.2, 0.25) is 5.91 Å². The Balaban J connectivity index is 1.92. The number of rotatable bonds is 3. The number of carbonyl (C=O) groups excluding carboxylic acids is 1. The maximum absolute atomic E-state index is 12.4. The molecule has 3 unspecified atom stereocenters. The van der Waals surface area contributed by atoms with Crippen LogP contribution in [0.1, 0.15) is 40.0 Å². The molecule has 104 valence electrons. The summed E-state index contributed by atoms with van der Waals surface area (Å²) < 4.78 is 5.42. The summed E-state index contributed by atoms with van der Waals surface area (Å²) in [6.07, 6.45) is 3.25. The van der Waals surface area contributed by atoms with Gasteiger partial charge in [-0.05, 0) is 32.7 Å². The summed E-state index contributed by atoms with van der Waals surface area (Å²) >= 11 is 0. The molecule has 1 amide bonds. The number of ether oxygens (including phenoxy) is 1. The van der Waals surface area contributed by atoms with Crippen molar-refractivity contribution in [2.24, 2.45) is 10.8 Å². The number of carbonyl (C=O) groups is 1. The standard InChI is InChI=1S/C14H26N2O2/c1-13(2)10(8-11(13)18-4)16-12(17)14(3)6-5-7-15-9-14/h10-11,15H,5-9H2,1-4H3,(H,16,17). The van der Waals surface area contributed by atoms with Gasteiger partial charge >= 0.3 is 0 Å². The fraction of sp³-hybridized carbons (Fsp3) is 0.929. The maximum Gasteiger partial charge on any atom is 0.227 e. The van der Waals surface area contributed by atoms with Gasteiger partial charge in [0, 0.05) is 25.1 Å². The third-order valence-electron chi connectivity index (χ3n) is 4.91. The molecule has 4 nitrogen and oxygen atoms in total. The van der Waals surface area contributed by atoms with Crippen LogP contribution in [0.25, 0.3) is 0 Å². The molecular formula is C14H26N2O2. The van der Waals surface area contributed by atoms with Crippen LogP contribution in [-0.2, 0) is 9.53 Å². The van der Waals surface area contributed by atoms with Gasteiger partial charge in [0.25, 0.3) is 0 Å². The van der Waals surface area contributed by atoms with Gasteiger partial charge in [-0.2, -0.15) is 0 Å². The van der Waals surface area contributed by atoms with Gasteiger partial charge in [-0.15, -0.1) is 0 Å². The van der Waals surface area contributed by atoms with Gasteiger partial charge in [0.05, 0.1) is 11.5 Å². The van der Waals surface area contributed by atoms with Crippen LogP contribution in [0.15, 0.2) is 0 Å². The molecule has 1 heterocycles. The van der Waals surface area contributed by atoms with Gasteiger partial charge in [-0.25, -0.2) is 0 Å². The zero-order valence-corrected chi connectivity index (χ0v) is 12.0. The second-order valence-electron chi connectivity index (χ2n) is 6.65. The normalized spacial score (nSPS) is 38.9. The number of amides is 1. The van der Waals surface area contributed by atoms with Crippen LogP contribution in [0.2, 0.25) is 0 Å². The van der Waals surface area contributed by atoms with Crippen molar-refractivity contribution in [1.29, 1.82) is 0 Å². The molecule has 2 aliphatic rings. The Bertz CT molecular complexity index is 322. The van der Waals surface area contributed by atoms with Gasteiger partial charge in [0.15, 0.2) is 0 Å². The van der Waals surface area contributed by atoms with E-state index in [9.17, 15) is 4.79 Å². The molecule has 1 aliphatic carbocycles. The second-order valence-corrected chi connectivity index (χ2v) is 6.65. The minimum absolute atomic E-state index is 0.0445. The molecule has 1 saturated heterocycles. The third-order valence-corrected chi connectivity index (χ3v) is 4.91. The van der Waals surface area contributed by atoms with E-state index >= 15 is 0 Å². The van der Waals surface area contributed by atoms with E-state index in [2.05, 4.69) is 31.4 Å². The van der Waals surface area contributed by atoms with Crippen molar-refractivity contribution in [2.75, 3.05) is 20.2 Å². The lowest BCUT2D eigenvalue weighted by Crippen LogP contribution is -2.64. The third kappa shape index (κ3) is 2.28. The lowest BCUT2D eigenvalue weighted by atomic mass is 9.64. The van der Waals surface area contributed by atoms with Crippen LogP contribution < -0.4 is 10.6 Å². The lowest BCUT2D eigenvalue weighted by molar-refractivity contribution is -0.141. The number of nitrogens with one attached hydrogen (secondary N) is 2. The molecule has 4 heteroatoms. The van der Waals surface area contributed by atoms with Gasteiger partial charge < -0.3 is 15.4 Å². The molecule has 0 aromatic carbocycles. The summed E-state index contributed by atoms with van der Waals surface area (Å²) in [5.41, 5.74) is -0.199. The van der Waals surface area contributed by atoms with Crippen molar-refractivity contribution in [3.8, 4) is 0 Å². The monoisotopic (exact) mass is 254 g/mol. The predicted molar refractivity (Wildman–Crippen MR) is 71.3 cm³/mol. The van der Waals surface area contributed by atoms with E-state index in [0.717, 1.165) is 32.4 Å². The summed E-state index contributed by atoms with van der Waals surface area (Å²) in [6, 6.07) is 0.244. The topological polar surface area (TPSA) is 50.4 Å². The fourth-order valence-corrected chi connectivity index (χ4v) is 3.11. The van der Waals surface area contributed by atoms with E-state index in [1.807, 2.05) is 0 Å². The van der Waals surface area contributed by atoms with E-state index in [1.165, 1.54) is 0 Å². The highest BCUT2D eigenvalue weighted by Gasteiger charge is 2.50. The Morgan fingerprint density at radius 3 is 2.61 bits per heavy atom.